The number of halogens is 3. The van der Waals surface area contributed by atoms with Gasteiger partial charge in [-0.05, 0) is 24.6 Å². The molecule has 3 atom stereocenters. The molecule has 0 spiro atoms. The second kappa shape index (κ2) is 6.27. The van der Waals surface area contributed by atoms with E-state index >= 15 is 0 Å². The Morgan fingerprint density at radius 3 is 2.54 bits per heavy atom. The maximum Gasteiger partial charge on any atom is 0.437 e. The largest absolute Gasteiger partial charge is 0.466 e. The second-order valence-electron chi connectivity index (χ2n) is 5.22. The average molecular weight is 347 g/mol. The lowest BCUT2D eigenvalue weighted by molar-refractivity contribution is -0.328. The highest BCUT2D eigenvalue weighted by Crippen LogP contribution is 2.46. The van der Waals surface area contributed by atoms with Gasteiger partial charge in [-0.3, -0.25) is 14.7 Å². The van der Waals surface area contributed by atoms with Crippen molar-refractivity contribution in [1.82, 2.24) is 15.2 Å². The maximum atomic E-state index is 13.6. The molecule has 24 heavy (non-hydrogen) atoms. The Morgan fingerprint density at radius 1 is 1.46 bits per heavy atom. The number of alkyl halides is 3. The summed E-state index contributed by atoms with van der Waals surface area (Å²) in [6.45, 7) is 1.25. The van der Waals surface area contributed by atoms with Crippen LogP contribution >= 0.6 is 0 Å². The van der Waals surface area contributed by atoms with E-state index in [0.717, 1.165) is 7.05 Å². The summed E-state index contributed by atoms with van der Waals surface area (Å²) >= 11 is 0. The van der Waals surface area contributed by atoms with Gasteiger partial charge < -0.3 is 15.2 Å². The predicted octanol–water partition coefficient (Wildman–Crippen LogP) is 1.21. The normalized spacial score (nSPS) is 27.6. The number of aliphatic hydroxyl groups is 1. The summed E-state index contributed by atoms with van der Waals surface area (Å²) in [4.78, 5) is 28.0. The zero-order chi connectivity index (χ0) is 18.1. The molecular formula is C14H16F3N3O4. The van der Waals surface area contributed by atoms with E-state index in [1.54, 1.807) is 0 Å². The fourth-order valence-electron chi connectivity index (χ4n) is 2.65. The van der Waals surface area contributed by atoms with Crippen LogP contribution < -0.4 is 5.32 Å². The lowest BCUT2D eigenvalue weighted by atomic mass is 9.81. The fourth-order valence-corrected chi connectivity index (χ4v) is 2.65. The zero-order valence-corrected chi connectivity index (χ0v) is 12.9. The van der Waals surface area contributed by atoms with Crippen molar-refractivity contribution in [3.05, 3.63) is 30.1 Å². The van der Waals surface area contributed by atoms with Crippen molar-refractivity contribution in [1.29, 1.82) is 0 Å². The molecule has 0 unspecified atom stereocenters. The molecule has 1 saturated heterocycles. The Hall–Kier alpha value is -2.36. The van der Waals surface area contributed by atoms with Crippen LogP contribution in [0.5, 0.6) is 0 Å². The van der Waals surface area contributed by atoms with Gasteiger partial charge in [-0.1, -0.05) is 0 Å². The van der Waals surface area contributed by atoms with E-state index < -0.39 is 35.9 Å². The van der Waals surface area contributed by atoms with E-state index in [1.165, 1.54) is 31.5 Å². The van der Waals surface area contributed by atoms with Crippen LogP contribution in [0.25, 0.3) is 0 Å². The number of esters is 1. The van der Waals surface area contributed by atoms with Gasteiger partial charge in [0.1, 0.15) is 5.92 Å². The van der Waals surface area contributed by atoms with E-state index in [1.807, 2.05) is 0 Å². The van der Waals surface area contributed by atoms with Crippen molar-refractivity contribution in [3.8, 4) is 0 Å². The molecule has 2 amide bonds. The van der Waals surface area contributed by atoms with Crippen LogP contribution in [0.15, 0.2) is 24.5 Å². The minimum atomic E-state index is -5.28. The molecule has 0 bridgehead atoms. The van der Waals surface area contributed by atoms with Gasteiger partial charge in [0, 0.05) is 19.4 Å². The Balaban J connectivity index is 2.61. The highest BCUT2D eigenvalue weighted by Gasteiger charge is 2.69. The van der Waals surface area contributed by atoms with Gasteiger partial charge in [-0.2, -0.15) is 13.2 Å². The lowest BCUT2D eigenvalue weighted by Gasteiger charge is -2.49. The van der Waals surface area contributed by atoms with E-state index in [0.29, 0.717) is 0 Å². The molecule has 132 valence electrons. The number of hydrogen-bond acceptors (Lipinski definition) is 5. The zero-order valence-electron chi connectivity index (χ0n) is 12.9. The van der Waals surface area contributed by atoms with E-state index in [4.69, 9.17) is 4.74 Å². The van der Waals surface area contributed by atoms with Crippen molar-refractivity contribution >= 4 is 12.0 Å². The summed E-state index contributed by atoms with van der Waals surface area (Å²) in [6.07, 6.45) is -2.68. The molecule has 0 aliphatic carbocycles. The van der Waals surface area contributed by atoms with Crippen LogP contribution in [0.4, 0.5) is 18.0 Å². The first-order chi connectivity index (χ1) is 11.1. The maximum absolute atomic E-state index is 13.6. The number of aromatic nitrogens is 1. The molecule has 2 rings (SSSR count). The summed E-state index contributed by atoms with van der Waals surface area (Å²) in [6, 6.07) is 0.0954. The van der Waals surface area contributed by atoms with Crippen molar-refractivity contribution < 1.29 is 32.6 Å². The van der Waals surface area contributed by atoms with Gasteiger partial charge in [0.15, 0.2) is 0 Å². The van der Waals surface area contributed by atoms with E-state index in [9.17, 15) is 27.9 Å². The standard InChI is InChI=1S/C14H16F3N3O4/c1-3-24-11(21)9-10(8-4-6-18-7-5-8)19-12(22)20(2)13(9,23)14(15,16)17/h4-7,9-10,23H,3H2,1-2H3,(H,19,22)/t9-,10+,13-/m0/s1. The Labute approximate surface area is 135 Å². The molecular weight excluding hydrogens is 331 g/mol. The van der Waals surface area contributed by atoms with Gasteiger partial charge in [0.25, 0.3) is 5.72 Å². The summed E-state index contributed by atoms with van der Waals surface area (Å²) in [5.74, 6) is -3.38. The summed E-state index contributed by atoms with van der Waals surface area (Å²) in [5.41, 5.74) is -3.53. The van der Waals surface area contributed by atoms with Crippen LogP contribution in [0.3, 0.4) is 0 Å². The molecule has 1 aliphatic rings. The first kappa shape index (κ1) is 18.0. The van der Waals surface area contributed by atoms with Crippen LogP contribution in [-0.4, -0.2) is 52.5 Å². The molecule has 0 radical (unpaired) electrons. The second-order valence-corrected chi connectivity index (χ2v) is 5.22. The fraction of sp³-hybridized carbons (Fsp3) is 0.500. The number of ether oxygens (including phenoxy) is 1. The number of carbonyl (C=O) groups is 2. The lowest BCUT2D eigenvalue weighted by Crippen LogP contribution is -2.73. The van der Waals surface area contributed by atoms with Gasteiger partial charge in [-0.15, -0.1) is 0 Å². The van der Waals surface area contributed by atoms with Crippen molar-refractivity contribution in [3.63, 3.8) is 0 Å². The van der Waals surface area contributed by atoms with Crippen LogP contribution in [0.1, 0.15) is 18.5 Å². The molecule has 2 N–H and O–H groups in total. The molecule has 1 aliphatic heterocycles. The highest BCUT2D eigenvalue weighted by atomic mass is 19.4. The van der Waals surface area contributed by atoms with Crippen LogP contribution in [-0.2, 0) is 9.53 Å². The third kappa shape index (κ3) is 2.77. The minimum absolute atomic E-state index is 0.0618. The monoisotopic (exact) mass is 347 g/mol. The SMILES string of the molecule is CCOC(=O)[C@@H]1[C@@H](c2ccncc2)NC(=O)N(C)[C@@]1(O)C(F)(F)F. The third-order valence-corrected chi connectivity index (χ3v) is 3.88. The number of carbonyl (C=O) groups excluding carboxylic acids is 2. The summed E-state index contributed by atoms with van der Waals surface area (Å²) < 4.78 is 45.5. The van der Waals surface area contributed by atoms with E-state index in [-0.39, 0.29) is 17.1 Å². The smallest absolute Gasteiger partial charge is 0.437 e. The molecule has 10 heteroatoms. The Morgan fingerprint density at radius 2 is 2.04 bits per heavy atom. The number of nitrogens with zero attached hydrogens (tertiary/aromatic N) is 2. The van der Waals surface area contributed by atoms with Gasteiger partial charge in [-0.25, -0.2) is 4.79 Å². The summed E-state index contributed by atoms with van der Waals surface area (Å²) in [7, 11) is 0.762. The molecule has 2 heterocycles. The van der Waals surface area contributed by atoms with E-state index in [2.05, 4.69) is 10.3 Å². The molecule has 0 aromatic carbocycles. The van der Waals surface area contributed by atoms with Crippen LogP contribution in [0, 0.1) is 5.92 Å². The molecule has 1 aromatic heterocycles. The van der Waals surface area contributed by atoms with Crippen LogP contribution in [0.2, 0.25) is 0 Å². The quantitative estimate of drug-likeness (QED) is 0.802. The highest BCUT2D eigenvalue weighted by molar-refractivity contribution is 5.83. The van der Waals surface area contributed by atoms with Crippen molar-refractivity contribution in [2.75, 3.05) is 13.7 Å². The number of hydrogen-bond donors (Lipinski definition) is 2. The first-order valence-electron chi connectivity index (χ1n) is 7.04. The Bertz CT molecular complexity index is 625. The molecule has 7 nitrogen and oxygen atoms in total. The van der Waals surface area contributed by atoms with Gasteiger partial charge in [0.2, 0.25) is 0 Å². The Kier molecular flexibility index (Phi) is 4.70. The van der Waals surface area contributed by atoms with Crippen molar-refractivity contribution in [2.45, 2.75) is 24.9 Å². The molecule has 1 fully saturated rings. The van der Waals surface area contributed by atoms with Crippen molar-refractivity contribution in [2.24, 2.45) is 5.92 Å². The number of rotatable bonds is 3. The summed E-state index contributed by atoms with van der Waals surface area (Å²) in [5, 5.41) is 12.7. The number of pyridine rings is 1. The first-order valence-corrected chi connectivity index (χ1v) is 7.04. The third-order valence-electron chi connectivity index (χ3n) is 3.88. The minimum Gasteiger partial charge on any atom is -0.466 e. The number of urea groups is 1. The number of amides is 2. The molecule has 0 saturated carbocycles. The number of nitrogens with one attached hydrogen (secondary N) is 1. The molecule has 1 aromatic rings. The average Bonchev–Trinajstić information content (AvgIpc) is 2.52. The topological polar surface area (TPSA) is 91.8 Å². The van der Waals surface area contributed by atoms with Gasteiger partial charge >= 0.3 is 18.2 Å². The van der Waals surface area contributed by atoms with Gasteiger partial charge in [0.05, 0.1) is 12.6 Å². The predicted molar refractivity (Wildman–Crippen MR) is 74.4 cm³/mol.